The zero-order valence-corrected chi connectivity index (χ0v) is 13.3. The summed E-state index contributed by atoms with van der Waals surface area (Å²) in [4.78, 5) is 11.7. The summed E-state index contributed by atoms with van der Waals surface area (Å²) < 4.78 is 17.5. The number of rotatable bonds is 9. The number of hydrogen-bond acceptors (Lipinski definition) is 7. The Hall–Kier alpha value is -2.64. The van der Waals surface area contributed by atoms with Gasteiger partial charge in [0.05, 0.1) is 20.1 Å². The maximum atomic E-state index is 11.7. The zero-order valence-electron chi connectivity index (χ0n) is 13.3. The Labute approximate surface area is 134 Å². The lowest BCUT2D eigenvalue weighted by atomic mass is 10.3. The van der Waals surface area contributed by atoms with E-state index in [0.717, 1.165) is 6.42 Å². The Morgan fingerprint density at radius 1 is 1.26 bits per heavy atom. The van der Waals surface area contributed by atoms with E-state index in [2.05, 4.69) is 15.5 Å². The summed E-state index contributed by atoms with van der Waals surface area (Å²) in [5.74, 6) is 1.38. The number of methoxy groups -OCH3 is 1. The number of esters is 1. The first kappa shape index (κ1) is 16.7. The summed E-state index contributed by atoms with van der Waals surface area (Å²) in [7, 11) is 1.57. The zero-order chi connectivity index (χ0) is 16.5. The van der Waals surface area contributed by atoms with Crippen molar-refractivity contribution in [1.29, 1.82) is 0 Å². The monoisotopic (exact) mass is 320 g/mol. The van der Waals surface area contributed by atoms with Crippen LogP contribution in [-0.2, 0) is 22.7 Å². The lowest BCUT2D eigenvalue weighted by Crippen LogP contribution is -2.13. The molecule has 0 spiro atoms. The fraction of sp³-hybridized carbons (Fsp3) is 0.467. The van der Waals surface area contributed by atoms with Crippen LogP contribution in [0.5, 0.6) is 11.5 Å². The van der Waals surface area contributed by atoms with Crippen LogP contribution in [0.25, 0.3) is 0 Å². The molecular formula is C15H20N4O4. The minimum Gasteiger partial charge on any atom is -0.493 e. The van der Waals surface area contributed by atoms with E-state index in [0.29, 0.717) is 23.9 Å². The number of nitrogens with zero attached hydrogens (tertiary/aromatic N) is 4. The third-order valence-corrected chi connectivity index (χ3v) is 3.04. The number of aryl methyl sites for hydroxylation is 1. The lowest BCUT2D eigenvalue weighted by Gasteiger charge is -2.10. The molecule has 8 heteroatoms. The van der Waals surface area contributed by atoms with Gasteiger partial charge in [-0.25, -0.2) is 4.68 Å². The smallest absolute Gasteiger partial charge is 0.309 e. The molecule has 0 atom stereocenters. The summed E-state index contributed by atoms with van der Waals surface area (Å²) in [6.07, 6.45) is 1.03. The van der Waals surface area contributed by atoms with Crippen LogP contribution in [0, 0.1) is 0 Å². The predicted molar refractivity (Wildman–Crippen MR) is 81.0 cm³/mol. The van der Waals surface area contributed by atoms with E-state index in [9.17, 15) is 4.79 Å². The van der Waals surface area contributed by atoms with E-state index >= 15 is 0 Å². The van der Waals surface area contributed by atoms with Gasteiger partial charge in [0.2, 0.25) is 0 Å². The molecule has 124 valence electrons. The van der Waals surface area contributed by atoms with Gasteiger partial charge >= 0.3 is 5.97 Å². The first-order valence-electron chi connectivity index (χ1n) is 7.41. The molecule has 2 aromatic rings. The van der Waals surface area contributed by atoms with Crippen molar-refractivity contribution in [2.45, 2.75) is 32.9 Å². The molecule has 1 heterocycles. The third kappa shape index (κ3) is 4.94. The average Bonchev–Trinajstić information content (AvgIpc) is 3.01. The van der Waals surface area contributed by atoms with Crippen molar-refractivity contribution < 1.29 is 19.0 Å². The quantitative estimate of drug-likeness (QED) is 0.648. The van der Waals surface area contributed by atoms with Gasteiger partial charge in [0.15, 0.2) is 23.9 Å². The summed E-state index contributed by atoms with van der Waals surface area (Å²) in [6, 6.07) is 7.26. The molecule has 0 saturated carbocycles. The van der Waals surface area contributed by atoms with Crippen molar-refractivity contribution in [3.05, 3.63) is 30.1 Å². The average molecular weight is 320 g/mol. The van der Waals surface area contributed by atoms with Crippen LogP contribution >= 0.6 is 0 Å². The molecular weight excluding hydrogens is 300 g/mol. The van der Waals surface area contributed by atoms with Gasteiger partial charge in [0.25, 0.3) is 0 Å². The van der Waals surface area contributed by atoms with E-state index in [-0.39, 0.29) is 25.6 Å². The van der Waals surface area contributed by atoms with Gasteiger partial charge in [0.1, 0.15) is 0 Å². The fourth-order valence-electron chi connectivity index (χ4n) is 1.91. The minimum absolute atomic E-state index is 0.0560. The molecule has 0 unspecified atom stereocenters. The number of aromatic nitrogens is 4. The van der Waals surface area contributed by atoms with Gasteiger partial charge < -0.3 is 14.2 Å². The number of ether oxygens (including phenoxy) is 3. The van der Waals surface area contributed by atoms with Gasteiger partial charge in [0, 0.05) is 6.54 Å². The summed E-state index contributed by atoms with van der Waals surface area (Å²) in [5, 5.41) is 11.2. The lowest BCUT2D eigenvalue weighted by molar-refractivity contribution is -0.145. The minimum atomic E-state index is -0.369. The molecule has 0 amide bonds. The van der Waals surface area contributed by atoms with Crippen LogP contribution in [0.2, 0.25) is 0 Å². The molecule has 0 bridgehead atoms. The van der Waals surface area contributed by atoms with Crippen LogP contribution in [0.1, 0.15) is 25.6 Å². The molecule has 23 heavy (non-hydrogen) atoms. The highest BCUT2D eigenvalue weighted by Gasteiger charge is 2.10. The molecule has 8 nitrogen and oxygen atoms in total. The summed E-state index contributed by atoms with van der Waals surface area (Å²) in [5.41, 5.74) is 0. The summed E-state index contributed by atoms with van der Waals surface area (Å²) in [6.45, 7) is 2.98. The van der Waals surface area contributed by atoms with Crippen molar-refractivity contribution in [3.8, 4) is 11.5 Å². The second-order valence-electron chi connectivity index (χ2n) is 4.73. The Morgan fingerprint density at radius 2 is 2.04 bits per heavy atom. The molecule has 2 rings (SSSR count). The number of carbonyl (C=O) groups excluding carboxylic acids is 1. The van der Waals surface area contributed by atoms with E-state index in [1.54, 1.807) is 23.9 Å². The fourth-order valence-corrected chi connectivity index (χ4v) is 1.91. The Bertz CT molecular complexity index is 629. The second-order valence-corrected chi connectivity index (χ2v) is 4.73. The van der Waals surface area contributed by atoms with Crippen molar-refractivity contribution in [2.75, 3.05) is 13.7 Å². The Balaban J connectivity index is 1.74. The summed E-state index contributed by atoms with van der Waals surface area (Å²) >= 11 is 0. The number of hydrogen-bond donors (Lipinski definition) is 0. The Kier molecular flexibility index (Phi) is 6.34. The largest absolute Gasteiger partial charge is 0.493 e. The number of tetrazole rings is 1. The van der Waals surface area contributed by atoms with Gasteiger partial charge in [-0.05, 0) is 29.0 Å². The van der Waals surface area contributed by atoms with Crippen molar-refractivity contribution in [3.63, 3.8) is 0 Å². The molecule has 0 saturated heterocycles. The van der Waals surface area contributed by atoms with Gasteiger partial charge in [-0.15, -0.1) is 5.10 Å². The van der Waals surface area contributed by atoms with Gasteiger partial charge in [-0.2, -0.15) is 0 Å². The van der Waals surface area contributed by atoms with Crippen molar-refractivity contribution in [1.82, 2.24) is 20.2 Å². The molecule has 0 aliphatic rings. The topological polar surface area (TPSA) is 88.4 Å². The highest BCUT2D eigenvalue weighted by atomic mass is 16.5. The highest BCUT2D eigenvalue weighted by molar-refractivity contribution is 5.69. The standard InChI is InChI=1S/C15H20N4O4/c1-3-9-19-14(16-17-18-19)11-23-15(20)8-10-22-13-7-5-4-6-12(13)21-2/h4-7H,3,8-11H2,1-2H3. The van der Waals surface area contributed by atoms with Gasteiger partial charge in [-0.3, -0.25) is 4.79 Å². The first-order chi connectivity index (χ1) is 11.2. The van der Waals surface area contributed by atoms with Crippen molar-refractivity contribution in [2.24, 2.45) is 0 Å². The first-order valence-corrected chi connectivity index (χ1v) is 7.41. The van der Waals surface area contributed by atoms with Crippen molar-refractivity contribution >= 4 is 5.97 Å². The van der Waals surface area contributed by atoms with E-state index < -0.39 is 0 Å². The third-order valence-electron chi connectivity index (χ3n) is 3.04. The maximum Gasteiger partial charge on any atom is 0.309 e. The Morgan fingerprint density at radius 3 is 2.78 bits per heavy atom. The predicted octanol–water partition coefficient (Wildman–Crippen LogP) is 1.60. The molecule has 0 aliphatic heterocycles. The molecule has 0 aliphatic carbocycles. The molecule has 0 radical (unpaired) electrons. The van der Waals surface area contributed by atoms with Crippen LogP contribution in [0.15, 0.2) is 24.3 Å². The van der Waals surface area contributed by atoms with Crippen LogP contribution in [0.4, 0.5) is 0 Å². The second kappa shape index (κ2) is 8.72. The number of benzene rings is 1. The van der Waals surface area contributed by atoms with E-state index in [4.69, 9.17) is 14.2 Å². The molecule has 0 N–H and O–H groups in total. The highest BCUT2D eigenvalue weighted by Crippen LogP contribution is 2.25. The number of carbonyl (C=O) groups is 1. The van der Waals surface area contributed by atoms with Crippen LogP contribution in [0.3, 0.4) is 0 Å². The maximum absolute atomic E-state index is 11.7. The normalized spacial score (nSPS) is 10.3. The van der Waals surface area contributed by atoms with Gasteiger partial charge in [-0.1, -0.05) is 19.1 Å². The number of para-hydroxylation sites is 2. The van der Waals surface area contributed by atoms with E-state index in [1.165, 1.54) is 0 Å². The SMILES string of the molecule is CCCn1nnnc1COC(=O)CCOc1ccccc1OC. The molecule has 0 fully saturated rings. The molecule has 1 aromatic carbocycles. The van der Waals surface area contributed by atoms with E-state index in [1.807, 2.05) is 19.1 Å². The van der Waals surface area contributed by atoms with Crippen LogP contribution < -0.4 is 9.47 Å². The molecule has 1 aromatic heterocycles. The van der Waals surface area contributed by atoms with Crippen LogP contribution in [-0.4, -0.2) is 39.9 Å².